The molecule has 0 aromatic carbocycles. The molecule has 2 rings (SSSR count). The van der Waals surface area contributed by atoms with Gasteiger partial charge in [0.15, 0.2) is 10.8 Å². The number of aliphatic carboxylic acids is 2. The summed E-state index contributed by atoms with van der Waals surface area (Å²) in [5, 5.41) is 17.8. The van der Waals surface area contributed by atoms with Crippen LogP contribution in [0.5, 0.6) is 0 Å². The third kappa shape index (κ3) is 3.69. The number of hydrogen-bond donors (Lipinski definition) is 2. The van der Waals surface area contributed by atoms with Gasteiger partial charge >= 0.3 is 23.9 Å². The molecule has 2 fully saturated rings. The molecule has 2 aliphatic carbocycles. The topological polar surface area (TPSA) is 127 Å². The minimum absolute atomic E-state index is 0.0825. The number of carboxylic acid groups (broad SMARTS) is 2. The first-order chi connectivity index (χ1) is 14.0. The molecule has 0 bridgehead atoms. The molecule has 0 amide bonds. The van der Waals surface area contributed by atoms with Crippen LogP contribution in [-0.4, -0.2) is 47.3 Å². The van der Waals surface area contributed by atoms with Gasteiger partial charge in [0.2, 0.25) is 0 Å². The fraction of sp³-hybridized carbons (Fsp3) is 0.455. The molecule has 0 aromatic heterocycles. The minimum atomic E-state index is -1.67. The summed E-state index contributed by atoms with van der Waals surface area (Å²) in [7, 11) is 0. The van der Waals surface area contributed by atoms with Crippen molar-refractivity contribution in [1.82, 2.24) is 0 Å². The van der Waals surface area contributed by atoms with Crippen molar-refractivity contribution in [3.8, 4) is 0 Å². The predicted molar refractivity (Wildman–Crippen MR) is 108 cm³/mol. The second-order valence-corrected chi connectivity index (χ2v) is 7.42. The number of esters is 2. The lowest BCUT2D eigenvalue weighted by atomic mass is 9.95. The highest BCUT2D eigenvalue weighted by Gasteiger charge is 2.80. The zero-order valence-corrected chi connectivity index (χ0v) is 17.3. The maximum atomic E-state index is 11.8. The van der Waals surface area contributed by atoms with Crippen LogP contribution in [0.1, 0.15) is 20.3 Å². The van der Waals surface area contributed by atoms with E-state index in [2.05, 4.69) is 26.3 Å². The summed E-state index contributed by atoms with van der Waals surface area (Å²) in [5.41, 5.74) is -3.70. The van der Waals surface area contributed by atoms with Crippen LogP contribution < -0.4 is 0 Å². The average Bonchev–Trinajstić information content (AvgIpc) is 3.57. The average molecular weight is 420 g/mol. The number of ether oxygens (including phenoxy) is 2. The van der Waals surface area contributed by atoms with Crippen LogP contribution in [0.25, 0.3) is 0 Å². The van der Waals surface area contributed by atoms with Gasteiger partial charge in [-0.05, 0) is 12.3 Å². The summed E-state index contributed by atoms with van der Waals surface area (Å²) in [6.07, 6.45) is 6.28. The van der Waals surface area contributed by atoms with Crippen molar-refractivity contribution in [2.45, 2.75) is 20.3 Å². The first-order valence-corrected chi connectivity index (χ1v) is 9.28. The van der Waals surface area contributed by atoms with Gasteiger partial charge in [-0.15, -0.1) is 13.2 Å². The molecule has 0 saturated heterocycles. The number of carbonyl (C=O) groups excluding carboxylic acids is 2. The quantitative estimate of drug-likeness (QED) is 0.314. The molecule has 8 nitrogen and oxygen atoms in total. The largest absolute Gasteiger partial charge is 0.480 e. The van der Waals surface area contributed by atoms with E-state index in [0.29, 0.717) is 6.42 Å². The lowest BCUT2D eigenvalue weighted by molar-refractivity contribution is -0.164. The van der Waals surface area contributed by atoms with Crippen LogP contribution in [0.15, 0.2) is 50.6 Å². The van der Waals surface area contributed by atoms with Gasteiger partial charge in [0.25, 0.3) is 0 Å². The summed E-state index contributed by atoms with van der Waals surface area (Å²) in [4.78, 5) is 45.4. The Bertz CT molecular complexity index is 742. The van der Waals surface area contributed by atoms with Crippen LogP contribution in [0.2, 0.25) is 0 Å². The molecule has 3 unspecified atom stereocenters. The molecule has 164 valence electrons. The fourth-order valence-electron chi connectivity index (χ4n) is 3.78. The second-order valence-electron chi connectivity index (χ2n) is 7.42. The lowest BCUT2D eigenvalue weighted by Crippen LogP contribution is -2.31. The highest BCUT2D eigenvalue weighted by molar-refractivity contribution is 6.05. The highest BCUT2D eigenvalue weighted by Crippen LogP contribution is 2.69. The number of carboxylic acids is 2. The monoisotopic (exact) mass is 420 g/mol. The first kappa shape index (κ1) is 24.9. The van der Waals surface area contributed by atoms with Gasteiger partial charge in [-0.1, -0.05) is 51.3 Å². The lowest BCUT2D eigenvalue weighted by Gasteiger charge is -2.13. The Labute approximate surface area is 175 Å². The van der Waals surface area contributed by atoms with Gasteiger partial charge in [0, 0.05) is 11.3 Å². The molecular formula is C22H28O8. The second kappa shape index (κ2) is 9.11. The summed E-state index contributed by atoms with van der Waals surface area (Å²) in [5.74, 6) is -4.33. The molecule has 30 heavy (non-hydrogen) atoms. The maximum Gasteiger partial charge on any atom is 0.324 e. The molecule has 0 heterocycles. The van der Waals surface area contributed by atoms with E-state index in [9.17, 15) is 19.2 Å². The zero-order valence-electron chi connectivity index (χ0n) is 17.3. The molecular weight excluding hydrogens is 392 g/mol. The smallest absolute Gasteiger partial charge is 0.324 e. The van der Waals surface area contributed by atoms with Crippen molar-refractivity contribution in [1.29, 1.82) is 0 Å². The van der Waals surface area contributed by atoms with Gasteiger partial charge in [-0.2, -0.15) is 0 Å². The Kier molecular flexibility index (Phi) is 7.55. The summed E-state index contributed by atoms with van der Waals surface area (Å²) < 4.78 is 9.84. The molecule has 3 atom stereocenters. The number of hydrogen-bond acceptors (Lipinski definition) is 6. The Morgan fingerprint density at radius 1 is 0.967 bits per heavy atom. The summed E-state index contributed by atoms with van der Waals surface area (Å²) in [6.45, 7) is 17.3. The highest BCUT2D eigenvalue weighted by atomic mass is 16.6. The Morgan fingerprint density at radius 3 is 1.60 bits per heavy atom. The minimum Gasteiger partial charge on any atom is -0.480 e. The molecule has 0 radical (unpaired) electrons. The molecule has 0 spiro atoms. The van der Waals surface area contributed by atoms with Gasteiger partial charge in [0.05, 0.1) is 0 Å². The van der Waals surface area contributed by atoms with Crippen molar-refractivity contribution in [2.24, 2.45) is 28.1 Å². The van der Waals surface area contributed by atoms with Crippen molar-refractivity contribution >= 4 is 23.9 Å². The van der Waals surface area contributed by atoms with Crippen LogP contribution in [0.4, 0.5) is 0 Å². The molecule has 2 N–H and O–H groups in total. The van der Waals surface area contributed by atoms with Crippen LogP contribution in [0.3, 0.4) is 0 Å². The molecule has 0 aromatic rings. The molecule has 2 saturated carbocycles. The Balaban J connectivity index is 0.000000311. The van der Waals surface area contributed by atoms with Crippen molar-refractivity contribution in [3.05, 3.63) is 50.6 Å². The van der Waals surface area contributed by atoms with Gasteiger partial charge in [-0.25, -0.2) is 0 Å². The number of carbonyl (C=O) groups is 4. The summed E-state index contributed by atoms with van der Waals surface area (Å²) >= 11 is 0. The van der Waals surface area contributed by atoms with E-state index in [4.69, 9.17) is 19.7 Å². The Morgan fingerprint density at radius 2 is 1.40 bits per heavy atom. The van der Waals surface area contributed by atoms with Crippen LogP contribution in [0, 0.1) is 28.1 Å². The Hall–Kier alpha value is -3.16. The third-order valence-corrected chi connectivity index (χ3v) is 6.11. The first-order valence-electron chi connectivity index (χ1n) is 9.28. The van der Waals surface area contributed by atoms with Crippen molar-refractivity contribution in [2.75, 3.05) is 13.2 Å². The van der Waals surface area contributed by atoms with Crippen molar-refractivity contribution < 1.29 is 38.9 Å². The van der Waals surface area contributed by atoms with E-state index in [0.717, 1.165) is 0 Å². The van der Waals surface area contributed by atoms with E-state index in [1.807, 2.05) is 0 Å². The molecule has 0 aliphatic heterocycles. The summed E-state index contributed by atoms with van der Waals surface area (Å²) in [6, 6.07) is 0. The number of allylic oxidation sites excluding steroid dienone is 2. The van der Waals surface area contributed by atoms with E-state index in [1.54, 1.807) is 19.9 Å². The zero-order chi connectivity index (χ0) is 23.3. The predicted octanol–water partition coefficient (Wildman–Crippen LogP) is 2.62. The molecule has 2 aliphatic rings. The fourth-order valence-corrected chi connectivity index (χ4v) is 3.78. The van der Waals surface area contributed by atoms with Crippen LogP contribution >= 0.6 is 0 Å². The van der Waals surface area contributed by atoms with Gasteiger partial charge in [-0.3, -0.25) is 19.2 Å². The van der Waals surface area contributed by atoms with Gasteiger partial charge in [0.1, 0.15) is 13.2 Å². The van der Waals surface area contributed by atoms with E-state index in [-0.39, 0.29) is 19.1 Å². The van der Waals surface area contributed by atoms with E-state index >= 15 is 0 Å². The standard InChI is InChI=1S/C13H16O4.C9H12O4/c1-4-7-16-11(14)13(9-10(13)6-3)12(15)17-8-5-2;1-4-8(3)5(2)9(8,6(10)11)7(12)13/h4-6,10H,1-3,7-9H2;4-5H,1H2,2-3H3,(H,10,11)(H,12,13). The van der Waals surface area contributed by atoms with Gasteiger partial charge < -0.3 is 19.7 Å². The molecule has 8 heteroatoms. The third-order valence-electron chi connectivity index (χ3n) is 6.11. The van der Waals surface area contributed by atoms with Crippen LogP contribution in [-0.2, 0) is 28.7 Å². The van der Waals surface area contributed by atoms with E-state index in [1.165, 1.54) is 18.2 Å². The maximum absolute atomic E-state index is 11.8. The normalized spacial score (nSPS) is 26.5. The van der Waals surface area contributed by atoms with E-state index < -0.39 is 46.0 Å². The SMILES string of the molecule is C=CC1(C)C(C)C1(C(=O)O)C(=O)O.C=CCOC(=O)C1(C(=O)OCC=C)CC1C=C. The van der Waals surface area contributed by atoms with Crippen molar-refractivity contribution in [3.63, 3.8) is 0 Å². The number of rotatable bonds is 10.